The number of nitrogens with one attached hydrogen (secondary N) is 2. The summed E-state index contributed by atoms with van der Waals surface area (Å²) in [5, 5.41) is 6.34. The molecule has 1 spiro atoms. The molecule has 0 bridgehead atoms. The minimum Gasteiger partial charge on any atom is -0.336 e. The molecule has 0 aromatic carbocycles. The Hall–Kier alpha value is -2.41. The molecule has 144 valence electrons. The maximum absolute atomic E-state index is 13.3. The van der Waals surface area contributed by atoms with Crippen molar-refractivity contribution >= 4 is 36.3 Å². The van der Waals surface area contributed by atoms with Gasteiger partial charge in [-0.25, -0.2) is 4.99 Å². The third-order valence-corrected chi connectivity index (χ3v) is 5.57. The van der Waals surface area contributed by atoms with E-state index in [2.05, 4.69) is 27.3 Å². The van der Waals surface area contributed by atoms with Crippen LogP contribution in [0.5, 0.6) is 0 Å². The minimum atomic E-state index is -0.682. The number of aliphatic imine (C=N–C) groups is 2. The molecule has 3 rings (SSSR count). The van der Waals surface area contributed by atoms with E-state index in [1.807, 2.05) is 13.8 Å². The van der Waals surface area contributed by atoms with Gasteiger partial charge in [0.1, 0.15) is 29.2 Å². The van der Waals surface area contributed by atoms with Gasteiger partial charge in [0.15, 0.2) is 0 Å². The van der Waals surface area contributed by atoms with E-state index in [1.54, 1.807) is 4.57 Å². The summed E-state index contributed by atoms with van der Waals surface area (Å²) in [7, 11) is 0. The number of carbonyl (C=O) groups is 1. The molecule has 1 fully saturated rings. The summed E-state index contributed by atoms with van der Waals surface area (Å²) in [5.41, 5.74) is 0.520. The van der Waals surface area contributed by atoms with Gasteiger partial charge >= 0.3 is 0 Å². The molecule has 1 aliphatic heterocycles. The number of amides is 1. The molecule has 0 unspecified atom stereocenters. The van der Waals surface area contributed by atoms with Gasteiger partial charge in [0.05, 0.1) is 5.02 Å². The molecular formula is C19H24ClN5O2. The zero-order valence-corrected chi connectivity index (χ0v) is 16.4. The highest BCUT2D eigenvalue weighted by molar-refractivity contribution is 6.34. The maximum atomic E-state index is 13.3. The molecule has 2 heterocycles. The summed E-state index contributed by atoms with van der Waals surface area (Å²) in [6.07, 6.45) is 6.52. The summed E-state index contributed by atoms with van der Waals surface area (Å²) in [6, 6.07) is 1.50. The fourth-order valence-electron chi connectivity index (χ4n) is 3.75. The monoisotopic (exact) mass is 389 g/mol. The van der Waals surface area contributed by atoms with Crippen molar-refractivity contribution in [3.05, 3.63) is 38.5 Å². The number of anilines is 1. The Labute approximate surface area is 163 Å². The van der Waals surface area contributed by atoms with E-state index in [9.17, 15) is 9.59 Å². The second-order valence-electron chi connectivity index (χ2n) is 6.98. The van der Waals surface area contributed by atoms with Gasteiger partial charge < -0.3 is 10.6 Å². The van der Waals surface area contributed by atoms with Gasteiger partial charge in [0.25, 0.3) is 11.5 Å². The Morgan fingerprint density at radius 3 is 2.74 bits per heavy atom. The van der Waals surface area contributed by atoms with Gasteiger partial charge in [-0.1, -0.05) is 24.9 Å². The second-order valence-corrected chi connectivity index (χ2v) is 7.38. The number of halogens is 1. The molecule has 0 saturated heterocycles. The van der Waals surface area contributed by atoms with Crippen molar-refractivity contribution in [3.8, 4) is 0 Å². The van der Waals surface area contributed by atoms with Crippen molar-refractivity contribution in [3.63, 3.8) is 0 Å². The van der Waals surface area contributed by atoms with E-state index in [1.165, 1.54) is 12.4 Å². The fourth-order valence-corrected chi connectivity index (χ4v) is 4.03. The van der Waals surface area contributed by atoms with Gasteiger partial charge in [-0.15, -0.1) is 0 Å². The molecule has 1 saturated carbocycles. The molecule has 0 radical (unpaired) electrons. The Balaban J connectivity index is 2.12. The number of aromatic nitrogens is 1. The third-order valence-electron chi connectivity index (χ3n) is 5.28. The van der Waals surface area contributed by atoms with Crippen molar-refractivity contribution in [2.45, 2.75) is 58.0 Å². The van der Waals surface area contributed by atoms with E-state index >= 15 is 0 Å². The van der Waals surface area contributed by atoms with Crippen LogP contribution in [0.2, 0.25) is 5.02 Å². The number of nitrogens with zero attached hydrogens (tertiary/aromatic N) is 3. The summed E-state index contributed by atoms with van der Waals surface area (Å²) in [5.74, 6) is 0.230. The van der Waals surface area contributed by atoms with Crippen molar-refractivity contribution in [1.29, 1.82) is 0 Å². The smallest absolute Gasteiger partial charge is 0.276 e. The number of rotatable bonds is 5. The van der Waals surface area contributed by atoms with Crippen LogP contribution in [0.1, 0.15) is 62.9 Å². The Morgan fingerprint density at radius 2 is 2.11 bits per heavy atom. The van der Waals surface area contributed by atoms with Crippen molar-refractivity contribution in [2.75, 3.05) is 5.32 Å². The van der Waals surface area contributed by atoms with E-state index in [0.717, 1.165) is 44.1 Å². The van der Waals surface area contributed by atoms with Crippen LogP contribution < -0.4 is 16.2 Å². The third kappa shape index (κ3) is 3.43. The average Bonchev–Trinajstić information content (AvgIpc) is 2.94. The molecule has 1 amide bonds. The first-order valence-corrected chi connectivity index (χ1v) is 9.55. The number of pyridine rings is 1. The molecular weight excluding hydrogens is 366 g/mol. The molecule has 2 aliphatic rings. The maximum Gasteiger partial charge on any atom is 0.276 e. The van der Waals surface area contributed by atoms with Crippen LogP contribution in [0.4, 0.5) is 5.69 Å². The first-order chi connectivity index (χ1) is 12.9. The Bertz CT molecular complexity index is 894. The van der Waals surface area contributed by atoms with Crippen LogP contribution >= 0.6 is 11.6 Å². The highest BCUT2D eigenvalue weighted by Gasteiger charge is 2.45. The summed E-state index contributed by atoms with van der Waals surface area (Å²) in [4.78, 5) is 33.7. The lowest BCUT2D eigenvalue weighted by molar-refractivity contribution is 0.0877. The SMILES string of the molecule is C=NC=N/C(Nc1cc(Cl)c2n(c1=O)C1(CCCCC1)NC2=O)=C(\C)CC. The van der Waals surface area contributed by atoms with Crippen molar-refractivity contribution < 1.29 is 4.79 Å². The topological polar surface area (TPSA) is 87.8 Å². The highest BCUT2D eigenvalue weighted by atomic mass is 35.5. The van der Waals surface area contributed by atoms with Gasteiger partial charge in [-0.3, -0.25) is 19.1 Å². The molecule has 0 atom stereocenters. The Kier molecular flexibility index (Phi) is 5.51. The number of fused-ring (bicyclic) bond motifs is 2. The predicted molar refractivity (Wildman–Crippen MR) is 109 cm³/mol. The molecule has 1 aliphatic carbocycles. The standard InChI is InChI=1S/C19H24ClN5O2/c1-4-12(2)16(22-11-21-3)23-14-10-13(20)15-17(26)24-19(25(15)18(14)27)8-6-5-7-9-19/h10-11,23H,3-9H2,1-2H3,(H,24,26)/b16-12-,22-11?. The van der Waals surface area contributed by atoms with Gasteiger partial charge in [0, 0.05) is 0 Å². The van der Waals surface area contributed by atoms with E-state index in [4.69, 9.17) is 11.6 Å². The molecule has 1 aromatic rings. The van der Waals surface area contributed by atoms with E-state index < -0.39 is 5.66 Å². The molecule has 7 nitrogen and oxygen atoms in total. The normalized spacial score (nSPS) is 19.0. The van der Waals surface area contributed by atoms with Crippen LogP contribution in [0.15, 0.2) is 32.2 Å². The zero-order chi connectivity index (χ0) is 19.6. The first-order valence-electron chi connectivity index (χ1n) is 9.17. The number of hydrogen-bond donors (Lipinski definition) is 2. The lowest BCUT2D eigenvalue weighted by Gasteiger charge is -2.35. The number of hydrogen-bond acceptors (Lipinski definition) is 4. The van der Waals surface area contributed by atoms with Crippen LogP contribution in [-0.4, -0.2) is 23.5 Å². The van der Waals surface area contributed by atoms with Gasteiger partial charge in [0.2, 0.25) is 0 Å². The lowest BCUT2D eigenvalue weighted by Crippen LogP contribution is -2.48. The lowest BCUT2D eigenvalue weighted by atomic mass is 9.89. The predicted octanol–water partition coefficient (Wildman–Crippen LogP) is 3.64. The second kappa shape index (κ2) is 7.68. The van der Waals surface area contributed by atoms with Crippen LogP contribution in [-0.2, 0) is 5.66 Å². The molecule has 8 heteroatoms. The van der Waals surface area contributed by atoms with Gasteiger partial charge in [-0.05, 0) is 57.4 Å². The van der Waals surface area contributed by atoms with Gasteiger partial charge in [-0.2, -0.15) is 0 Å². The number of allylic oxidation sites excluding steroid dienone is 1. The zero-order valence-electron chi connectivity index (χ0n) is 15.6. The average molecular weight is 390 g/mol. The molecule has 1 aromatic heterocycles. The largest absolute Gasteiger partial charge is 0.336 e. The van der Waals surface area contributed by atoms with Crippen molar-refractivity contribution in [2.24, 2.45) is 9.98 Å². The highest BCUT2D eigenvalue weighted by Crippen LogP contribution is 2.38. The minimum absolute atomic E-state index is 0.239. The number of carbonyl (C=O) groups excluding carboxylic acids is 1. The van der Waals surface area contributed by atoms with Crippen LogP contribution in [0, 0.1) is 0 Å². The Morgan fingerprint density at radius 1 is 1.41 bits per heavy atom. The quantitative estimate of drug-likeness (QED) is 0.595. The summed E-state index contributed by atoms with van der Waals surface area (Å²) in [6.45, 7) is 7.30. The first kappa shape index (κ1) is 19.4. The van der Waals surface area contributed by atoms with Crippen LogP contribution in [0.25, 0.3) is 0 Å². The fraction of sp³-hybridized carbons (Fsp3) is 0.474. The van der Waals surface area contributed by atoms with Crippen LogP contribution in [0.3, 0.4) is 0 Å². The van der Waals surface area contributed by atoms with Crippen molar-refractivity contribution in [1.82, 2.24) is 9.88 Å². The van der Waals surface area contributed by atoms with E-state index in [0.29, 0.717) is 5.82 Å². The summed E-state index contributed by atoms with van der Waals surface area (Å²) < 4.78 is 1.55. The van der Waals surface area contributed by atoms with E-state index in [-0.39, 0.29) is 27.9 Å². The molecule has 2 N–H and O–H groups in total. The molecule has 27 heavy (non-hydrogen) atoms. The summed E-state index contributed by atoms with van der Waals surface area (Å²) >= 11 is 6.40.